The second-order valence-electron chi connectivity index (χ2n) is 43.7. The maximum absolute atomic E-state index is 14.5. The van der Waals surface area contributed by atoms with E-state index in [1.165, 1.54) is 89.5 Å². The van der Waals surface area contributed by atoms with E-state index in [1.807, 2.05) is 24.8 Å². The molecule has 2 aromatic carbocycles. The standard InChI is InChI=1S/C24H34FN3O3Si.C16H28BrN3OSi.3C16H29N3OSi.C8H8BFO4.2CH4/c1-24(2,3)32(5,6)31-17-9-7-8-15(12-17)20-14-27-22(26)21(28-20)16-10-11-18(19(25)13-16)23(29)30-4;1-16(2,3)22(4,5)21-12-8-6-7-11(9-12)13-10-19-15(18)14(17)20-13;3*1-16(2,3)21(4,5)20-13-8-6-7-12(9-13)14-10-19-15(17)11-18-14;1-14-8(11)6-3-2-5(9(12)13)4-7(6)10;;/h10-11,13-15,17H,7-9,12H2,1-6H3,(H2,26,27);10-12H,6-9H2,1-5H3,(H2,18,19);3*10-13H,6-9H2,1-5H3,(H2,17,19);2-4,12-13H,1H3;2*1H4. The molecular weight excluding hydrogens is 1830 g/mol. The van der Waals surface area contributed by atoms with Crippen LogP contribution in [0.5, 0.6) is 0 Å². The monoisotopic (exact) mass is 2000 g/mol. The molecule has 0 radical (unpaired) electrons. The van der Waals surface area contributed by atoms with Gasteiger partial charge >= 0.3 is 19.1 Å². The van der Waals surface area contributed by atoms with Gasteiger partial charge in [-0.15, -0.1) is 0 Å². The minimum atomic E-state index is -1.86. The summed E-state index contributed by atoms with van der Waals surface area (Å²) in [5.74, 6) is 1.11. The fourth-order valence-electron chi connectivity index (χ4n) is 15.6. The summed E-state index contributed by atoms with van der Waals surface area (Å²) < 4.78 is 70.2. The van der Waals surface area contributed by atoms with Gasteiger partial charge in [0.1, 0.15) is 45.2 Å². The van der Waals surface area contributed by atoms with E-state index in [4.69, 9.17) is 65.8 Å². The second-order valence-corrected chi connectivity index (χ2v) is 68.2. The van der Waals surface area contributed by atoms with Crippen molar-refractivity contribution in [1.82, 2.24) is 49.8 Å². The van der Waals surface area contributed by atoms with E-state index in [0.717, 1.165) is 112 Å². The van der Waals surface area contributed by atoms with Crippen molar-refractivity contribution < 1.29 is 60.0 Å². The first kappa shape index (κ1) is 116. The Kier molecular flexibility index (Phi) is 43.4. The average molecular weight is 2000 g/mol. The van der Waals surface area contributed by atoms with Gasteiger partial charge in [-0.3, -0.25) is 15.0 Å². The maximum atomic E-state index is 14.5. The molecule has 0 aliphatic heterocycles. The highest BCUT2D eigenvalue weighted by molar-refractivity contribution is 9.10. The highest BCUT2D eigenvalue weighted by Gasteiger charge is 2.46. The molecule has 5 fully saturated rings. The van der Waals surface area contributed by atoms with E-state index in [2.05, 4.69) is 240 Å². The zero-order chi connectivity index (χ0) is 98.0. The number of ether oxygens (including phenoxy) is 2. The van der Waals surface area contributed by atoms with Crippen LogP contribution >= 0.6 is 15.9 Å². The summed E-state index contributed by atoms with van der Waals surface area (Å²) in [5, 5.41) is 18.6. The third kappa shape index (κ3) is 34.2. The summed E-state index contributed by atoms with van der Waals surface area (Å²) in [6, 6.07) is 7.49. The van der Waals surface area contributed by atoms with Gasteiger partial charge in [0.05, 0.1) is 103 Å². The normalized spacial score (nSPS) is 21.0. The highest BCUT2D eigenvalue weighted by atomic mass is 79.9. The summed E-state index contributed by atoms with van der Waals surface area (Å²) in [6.07, 6.45) is 38.0. The summed E-state index contributed by atoms with van der Waals surface area (Å²) >= 11 is 3.38. The van der Waals surface area contributed by atoms with Crippen LogP contribution < -0.4 is 34.1 Å². The van der Waals surface area contributed by atoms with Crippen molar-refractivity contribution in [3.8, 4) is 11.3 Å². The summed E-state index contributed by atoms with van der Waals surface area (Å²) in [7, 11) is -8.03. The SMILES string of the molecule is C.C.CC(C)(C)[Si](C)(C)OC1CCCC(c2cnc(N)c(Br)n2)C1.CC(C)(C)[Si](C)(C)OC1CCCC(c2cnc(N)cn2)C1.CC(C)(C)[Si](C)(C)OC1CCCC(c2cnc(N)cn2)C1.CC(C)(C)[Si](C)(C)OC1CCCC(c2cnc(N)cn2)C1.COC(=O)c1ccc(-c2nc(C3CCCC(O[Si](C)(C)C(C)(C)C)C3)cnc2N)cc1F.COC(=O)c1ccc(B(O)O)cc1F. The lowest BCUT2D eigenvalue weighted by atomic mass is 9.80. The third-order valence-electron chi connectivity index (χ3n) is 28.6. The minimum Gasteiger partial charge on any atom is -0.465 e. The molecule has 0 saturated heterocycles. The molecule has 10 unspecified atom stereocenters. The Balaban J connectivity index is 0.000000286. The van der Waals surface area contributed by atoms with E-state index in [1.54, 1.807) is 30.9 Å². The van der Waals surface area contributed by atoms with Crippen LogP contribution in [0.25, 0.3) is 11.3 Å². The molecule has 35 heteroatoms. The van der Waals surface area contributed by atoms with Gasteiger partial charge in [-0.05, 0) is 233 Å². The predicted octanol–water partition coefficient (Wildman–Crippen LogP) is 23.5. The molecule has 5 aromatic heterocycles. The predicted molar refractivity (Wildman–Crippen MR) is 554 cm³/mol. The van der Waals surface area contributed by atoms with Gasteiger partial charge in [0.2, 0.25) is 0 Å². The van der Waals surface area contributed by atoms with Crippen molar-refractivity contribution in [2.24, 2.45) is 0 Å². The third-order valence-corrected chi connectivity index (χ3v) is 51.8. The number of nitrogens with zero attached hydrogens (tertiary/aromatic N) is 10. The Morgan fingerprint density at radius 2 is 0.639 bits per heavy atom. The van der Waals surface area contributed by atoms with Crippen molar-refractivity contribution in [3.05, 3.63) is 142 Å². The van der Waals surface area contributed by atoms with Crippen molar-refractivity contribution in [3.63, 3.8) is 0 Å². The van der Waals surface area contributed by atoms with E-state index < -0.39 is 72.3 Å². The van der Waals surface area contributed by atoms with Crippen LogP contribution in [0.15, 0.2) is 90.6 Å². The molecule has 7 aromatic rings. The van der Waals surface area contributed by atoms with E-state index in [-0.39, 0.29) is 74.5 Å². The Morgan fingerprint density at radius 1 is 0.376 bits per heavy atom. The van der Waals surface area contributed by atoms with Crippen LogP contribution in [0.1, 0.15) is 326 Å². The summed E-state index contributed by atoms with van der Waals surface area (Å²) in [5.41, 5.74) is 34.3. The number of aromatic nitrogens is 10. The van der Waals surface area contributed by atoms with Gasteiger partial charge in [-0.1, -0.05) is 163 Å². The topological polar surface area (TPSA) is 398 Å². The van der Waals surface area contributed by atoms with Gasteiger partial charge in [-0.25, -0.2) is 53.3 Å². The molecule has 26 nitrogen and oxygen atoms in total. The lowest BCUT2D eigenvalue weighted by molar-refractivity contribution is 0.0586. The molecule has 12 N–H and O–H groups in total. The molecule has 5 aliphatic rings. The fourth-order valence-corrected chi connectivity index (χ4v) is 22.9. The second kappa shape index (κ2) is 49.5. The molecule has 5 aliphatic carbocycles. The molecule has 5 heterocycles. The molecule has 12 rings (SSSR count). The number of anilines is 5. The van der Waals surface area contributed by atoms with Gasteiger partial charge in [-0.2, -0.15) is 0 Å². The number of hydrogen-bond acceptors (Lipinski definition) is 26. The number of halogens is 3. The van der Waals surface area contributed by atoms with Gasteiger partial charge < -0.3 is 70.3 Å². The number of benzene rings is 2. The summed E-state index contributed by atoms with van der Waals surface area (Å²) in [4.78, 5) is 66.4. The van der Waals surface area contributed by atoms with Crippen LogP contribution in [0.4, 0.5) is 37.9 Å². The largest absolute Gasteiger partial charge is 0.488 e. The van der Waals surface area contributed by atoms with Crippen LogP contribution in [0.2, 0.25) is 90.7 Å². The molecule has 0 spiro atoms. The first-order valence-corrected chi connectivity index (χ1v) is 62.1. The van der Waals surface area contributed by atoms with Crippen LogP contribution in [0.3, 0.4) is 0 Å². The van der Waals surface area contributed by atoms with Crippen molar-refractivity contribution in [2.45, 2.75) is 398 Å². The Hall–Kier alpha value is -7.01. The zero-order valence-electron chi connectivity index (χ0n) is 83.6. The van der Waals surface area contributed by atoms with Crippen LogP contribution in [-0.4, -0.2) is 165 Å². The van der Waals surface area contributed by atoms with Crippen molar-refractivity contribution in [2.75, 3.05) is 42.9 Å². The molecule has 0 bridgehead atoms. The first-order chi connectivity index (χ1) is 60.6. The van der Waals surface area contributed by atoms with E-state index >= 15 is 0 Å². The zero-order valence-corrected chi connectivity index (χ0v) is 90.2. The fraction of sp³-hybridized carbons (Fsp3) is 0.653. The lowest BCUT2D eigenvalue weighted by Gasteiger charge is -2.41. The minimum absolute atomic E-state index is 0. The molecule has 5 saturated carbocycles. The quantitative estimate of drug-likeness (QED) is 0.0292. The number of hydrogen-bond donors (Lipinski definition) is 7. The smallest absolute Gasteiger partial charge is 0.465 e. The number of rotatable bonds is 19. The van der Waals surface area contributed by atoms with Gasteiger partial charge in [0, 0.05) is 65.7 Å². The number of nitrogen functional groups attached to an aromatic ring is 5. The molecule has 10 atom stereocenters. The van der Waals surface area contributed by atoms with Crippen molar-refractivity contribution >= 4 is 111 Å². The molecular formula is C98H165BBrF2N15O11Si5. The highest BCUT2D eigenvalue weighted by Crippen LogP contribution is 2.48. The molecule has 133 heavy (non-hydrogen) atoms. The van der Waals surface area contributed by atoms with E-state index in [0.29, 0.717) is 87.2 Å². The summed E-state index contributed by atoms with van der Waals surface area (Å²) in [6.45, 7) is 57.5. The van der Waals surface area contributed by atoms with E-state index in [9.17, 15) is 18.4 Å². The number of nitrogens with two attached hydrogens (primary N) is 5. The average Bonchev–Trinajstić information content (AvgIpc) is 0.823. The Morgan fingerprint density at radius 3 is 0.887 bits per heavy atom. The molecule has 0 amide bonds. The molecule has 742 valence electrons. The van der Waals surface area contributed by atoms with Gasteiger partial charge in [0.15, 0.2) is 47.4 Å². The lowest BCUT2D eigenvalue weighted by Crippen LogP contribution is -2.44. The van der Waals surface area contributed by atoms with Crippen LogP contribution in [0, 0.1) is 11.6 Å². The maximum Gasteiger partial charge on any atom is 0.488 e. The van der Waals surface area contributed by atoms with Gasteiger partial charge in [0.25, 0.3) is 0 Å². The number of carbonyl (C=O) groups is 2. The van der Waals surface area contributed by atoms with Crippen molar-refractivity contribution in [1.29, 1.82) is 0 Å². The Labute approximate surface area is 809 Å². The number of esters is 2. The Bertz CT molecular complexity index is 4580. The number of methoxy groups -OCH3 is 2. The van der Waals surface area contributed by atoms with Crippen LogP contribution in [-0.2, 0) is 31.6 Å². The first-order valence-electron chi connectivity index (χ1n) is 46.8. The number of carbonyl (C=O) groups excluding carboxylic acids is 2.